The van der Waals surface area contributed by atoms with Gasteiger partial charge in [0.1, 0.15) is 0 Å². The Morgan fingerprint density at radius 2 is 1.88 bits per heavy atom. The predicted molar refractivity (Wildman–Crippen MR) is 126 cm³/mol. The van der Waals surface area contributed by atoms with E-state index in [4.69, 9.17) is 4.74 Å². The number of aromatic nitrogens is 1. The van der Waals surface area contributed by atoms with Crippen molar-refractivity contribution in [1.82, 2.24) is 4.98 Å². The number of hydrogen-bond donors (Lipinski definition) is 3. The molecule has 1 heterocycles. The Hall–Kier alpha value is -2.54. The second-order valence-electron chi connectivity index (χ2n) is 7.49. The zero-order chi connectivity index (χ0) is 22.7. The second-order valence-corrected chi connectivity index (χ2v) is 11.9. The van der Waals surface area contributed by atoms with Crippen LogP contribution in [-0.4, -0.2) is 47.1 Å². The molecule has 3 N–H and O–H groups in total. The predicted octanol–water partition coefficient (Wildman–Crippen LogP) is 4.48. The molecule has 9 heteroatoms. The number of nitrogens with one attached hydrogen (secondary N) is 2. The average molecular weight is 517 g/mol. The van der Waals surface area contributed by atoms with E-state index in [1.54, 1.807) is 0 Å². The van der Waals surface area contributed by atoms with Crippen molar-refractivity contribution in [3.05, 3.63) is 72.0 Å². The Morgan fingerprint density at radius 1 is 1.09 bits per heavy atom. The third kappa shape index (κ3) is 5.44. The van der Waals surface area contributed by atoms with Crippen molar-refractivity contribution in [3.8, 4) is 5.75 Å². The van der Waals surface area contributed by atoms with Crippen LogP contribution in [0.15, 0.2) is 60.7 Å². The van der Waals surface area contributed by atoms with E-state index in [-0.39, 0.29) is 21.4 Å². The normalized spacial score (nSPS) is 13.2. The maximum atomic E-state index is 13.8. The molecule has 167 valence electrons. The van der Waals surface area contributed by atoms with E-state index in [1.807, 2.05) is 30.3 Å². The first kappa shape index (κ1) is 22.6. The van der Waals surface area contributed by atoms with Crippen molar-refractivity contribution in [2.75, 3.05) is 17.6 Å². The van der Waals surface area contributed by atoms with E-state index in [0.29, 0.717) is 17.4 Å². The fourth-order valence-corrected chi connectivity index (χ4v) is 5.86. The molecule has 0 fully saturated rings. The van der Waals surface area contributed by atoms with Gasteiger partial charge in [-0.05, 0) is 0 Å². The first-order valence-electron chi connectivity index (χ1n) is 10.0. The molecule has 6 nitrogen and oxygen atoms in total. The minimum atomic E-state index is -3.60. The van der Waals surface area contributed by atoms with Crippen LogP contribution in [0.1, 0.15) is 11.7 Å². The number of benzene rings is 3. The van der Waals surface area contributed by atoms with Crippen LogP contribution in [0.4, 0.5) is 10.1 Å². The molecule has 3 aromatic carbocycles. The number of ether oxygens (including phenoxy) is 1. The van der Waals surface area contributed by atoms with Crippen LogP contribution in [0.25, 0.3) is 21.8 Å². The summed E-state index contributed by atoms with van der Waals surface area (Å²) < 4.78 is 44.6. The van der Waals surface area contributed by atoms with Crippen LogP contribution < -0.4 is 9.46 Å². The Bertz CT molecular complexity index is 1360. The van der Waals surface area contributed by atoms with Gasteiger partial charge in [-0.1, -0.05) is 0 Å². The van der Waals surface area contributed by atoms with E-state index >= 15 is 0 Å². The molecule has 0 saturated carbocycles. The number of aromatic amines is 1. The standard InChI is InChI=1S/C23H23AsFN2O4S/c1-32(29,30)27-22-12-15(6-9-19(22)25)23(28)14-24-10-11-31-16-7-8-18-17-4-2-3-5-20(17)26-21(18)13-16/h2-9,12-13,23,26-28H,10-11,14H2,1H3. The summed E-state index contributed by atoms with van der Waals surface area (Å²) in [7, 11) is -3.60. The number of aliphatic hydroxyl groups is 1. The zero-order valence-corrected chi connectivity index (χ0v) is 20.1. The molecule has 4 rings (SSSR count). The van der Waals surface area contributed by atoms with Gasteiger partial charge in [-0.2, -0.15) is 0 Å². The third-order valence-electron chi connectivity index (χ3n) is 4.97. The van der Waals surface area contributed by atoms with Gasteiger partial charge in [0, 0.05) is 0 Å². The Morgan fingerprint density at radius 3 is 2.69 bits per heavy atom. The fraction of sp³-hybridized carbons (Fsp3) is 0.217. The number of hydrogen-bond acceptors (Lipinski definition) is 4. The summed E-state index contributed by atoms with van der Waals surface area (Å²) in [6.45, 7) is 0.544. The van der Waals surface area contributed by atoms with E-state index in [0.717, 1.165) is 39.7 Å². The van der Waals surface area contributed by atoms with Gasteiger partial charge in [-0.25, -0.2) is 0 Å². The number of H-pyrrole nitrogens is 1. The molecule has 0 saturated heterocycles. The summed E-state index contributed by atoms with van der Waals surface area (Å²) in [4.78, 5) is 3.40. The molecule has 0 spiro atoms. The summed E-state index contributed by atoms with van der Waals surface area (Å²) in [5.41, 5.74) is 2.45. The van der Waals surface area contributed by atoms with Crippen LogP contribution in [0.2, 0.25) is 10.4 Å². The molecular weight excluding hydrogens is 494 g/mol. The number of para-hydroxylation sites is 1. The van der Waals surface area contributed by atoms with Crippen molar-refractivity contribution in [1.29, 1.82) is 0 Å². The number of rotatable bonds is 9. The molecule has 0 amide bonds. The van der Waals surface area contributed by atoms with E-state index < -0.39 is 21.9 Å². The number of anilines is 1. The summed E-state index contributed by atoms with van der Waals surface area (Å²) in [5.74, 6) is 0.112. The maximum absolute atomic E-state index is 13.8. The van der Waals surface area contributed by atoms with Crippen LogP contribution in [0.3, 0.4) is 0 Å². The molecule has 4 aromatic rings. The van der Waals surface area contributed by atoms with Crippen molar-refractivity contribution in [3.63, 3.8) is 0 Å². The molecular formula is C23H23AsFN2O4S. The monoisotopic (exact) mass is 517 g/mol. The summed E-state index contributed by atoms with van der Waals surface area (Å²) in [6.07, 6.45) is 0.175. The topological polar surface area (TPSA) is 91.4 Å². The molecule has 1 unspecified atom stereocenters. The third-order valence-corrected chi connectivity index (χ3v) is 7.87. The number of fused-ring (bicyclic) bond motifs is 3. The van der Waals surface area contributed by atoms with E-state index in [2.05, 4.69) is 21.8 Å². The van der Waals surface area contributed by atoms with Gasteiger partial charge in [-0.3, -0.25) is 0 Å². The molecule has 1 radical (unpaired) electrons. The number of aliphatic hydroxyl groups excluding tert-OH is 1. The molecule has 0 aliphatic carbocycles. The molecule has 0 bridgehead atoms. The Labute approximate surface area is 192 Å². The van der Waals surface area contributed by atoms with Gasteiger partial charge in [0.05, 0.1) is 0 Å². The van der Waals surface area contributed by atoms with Crippen LogP contribution in [-0.2, 0) is 10.0 Å². The molecule has 1 atom stereocenters. The van der Waals surface area contributed by atoms with Gasteiger partial charge < -0.3 is 0 Å². The van der Waals surface area contributed by atoms with Gasteiger partial charge in [-0.15, -0.1) is 0 Å². The summed E-state index contributed by atoms with van der Waals surface area (Å²) >= 11 is -0.197. The molecule has 32 heavy (non-hydrogen) atoms. The van der Waals surface area contributed by atoms with E-state index in [9.17, 15) is 17.9 Å². The molecule has 0 aliphatic heterocycles. The summed E-state index contributed by atoms with van der Waals surface area (Å²) in [6, 6.07) is 18.1. The fourth-order valence-electron chi connectivity index (χ4n) is 3.50. The van der Waals surface area contributed by atoms with Crippen LogP contribution in [0.5, 0.6) is 5.75 Å². The quantitative estimate of drug-likeness (QED) is 0.226. The first-order chi connectivity index (χ1) is 15.3. The minimum absolute atomic E-state index is 0.156. The van der Waals surface area contributed by atoms with Crippen molar-refractivity contribution in [2.45, 2.75) is 16.5 Å². The first-order valence-corrected chi connectivity index (χ1v) is 14.6. The second kappa shape index (κ2) is 9.53. The van der Waals surface area contributed by atoms with Crippen molar-refractivity contribution < 1.29 is 22.7 Å². The van der Waals surface area contributed by atoms with Crippen LogP contribution >= 0.6 is 0 Å². The molecule has 1 aromatic heterocycles. The zero-order valence-electron chi connectivity index (χ0n) is 17.4. The Balaban J connectivity index is 1.29. The Kier molecular flexibility index (Phi) is 6.74. The van der Waals surface area contributed by atoms with Gasteiger partial charge in [0.25, 0.3) is 0 Å². The van der Waals surface area contributed by atoms with Gasteiger partial charge in [0.2, 0.25) is 0 Å². The summed E-state index contributed by atoms with van der Waals surface area (Å²) in [5, 5.41) is 14.1. The van der Waals surface area contributed by atoms with Crippen molar-refractivity contribution >= 4 is 53.3 Å². The number of sulfonamides is 1. The van der Waals surface area contributed by atoms with Crippen LogP contribution in [0, 0.1) is 5.82 Å². The molecule has 0 aliphatic rings. The van der Waals surface area contributed by atoms with Crippen molar-refractivity contribution in [2.24, 2.45) is 0 Å². The van der Waals surface area contributed by atoms with Gasteiger partial charge in [0.15, 0.2) is 0 Å². The van der Waals surface area contributed by atoms with Gasteiger partial charge >= 0.3 is 193 Å². The average Bonchev–Trinajstić information content (AvgIpc) is 3.11. The van der Waals surface area contributed by atoms with E-state index in [1.165, 1.54) is 17.5 Å². The number of halogens is 1. The SMILES string of the molecule is CS(=O)(=O)Nc1cc(C(O)C[As]CCOc2ccc3c(c2)[nH]c2ccccc23)ccc1F.